The van der Waals surface area contributed by atoms with E-state index in [9.17, 15) is 0 Å². The summed E-state index contributed by atoms with van der Waals surface area (Å²) in [6, 6.07) is 13.3. The Morgan fingerprint density at radius 2 is 2.10 bits per heavy atom. The molecule has 1 unspecified atom stereocenters. The van der Waals surface area contributed by atoms with Crippen LogP contribution in [0.25, 0.3) is 10.2 Å². The normalized spacial score (nSPS) is 19.6. The van der Waals surface area contributed by atoms with E-state index in [1.165, 1.54) is 37.8 Å². The van der Waals surface area contributed by atoms with Crippen LogP contribution in [0.15, 0.2) is 40.2 Å². The number of nitrogens with zero attached hydrogens (tertiary/aromatic N) is 2. The number of rotatable bonds is 3. The lowest BCUT2D eigenvalue weighted by atomic mass is 10.2. The highest BCUT2D eigenvalue weighted by Gasteiger charge is 2.28. The Labute approximate surface area is 140 Å². The highest BCUT2D eigenvalue weighted by atomic mass is 79.9. The number of hydrogen-bond donors (Lipinski definition) is 0. The third kappa shape index (κ3) is 2.80. The average Bonchev–Trinajstić information content (AvgIpc) is 3.18. The van der Waals surface area contributed by atoms with Crippen molar-refractivity contribution < 1.29 is 0 Å². The van der Waals surface area contributed by atoms with Crippen molar-refractivity contribution in [1.29, 1.82) is 0 Å². The quantitative estimate of drug-likeness (QED) is 0.601. The Morgan fingerprint density at radius 1 is 1.19 bits per heavy atom. The summed E-state index contributed by atoms with van der Waals surface area (Å²) in [6.07, 6.45) is 2.50. The molecule has 1 fully saturated rings. The maximum Gasteiger partial charge on any atom is 0.111 e. The Bertz CT molecular complexity index is 731. The molecule has 2 nitrogen and oxygen atoms in total. The molecular formula is C16H15BrN2S2. The molecule has 1 atom stereocenters. The fraction of sp³-hybridized carbons (Fsp3) is 0.312. The molecule has 1 aromatic carbocycles. The Hall–Kier alpha value is -0.750. The molecule has 1 aliphatic rings. The molecule has 0 spiro atoms. The first-order valence-electron chi connectivity index (χ1n) is 7.13. The molecule has 3 aromatic rings. The highest BCUT2D eigenvalue weighted by molar-refractivity contribution is 9.11. The van der Waals surface area contributed by atoms with Gasteiger partial charge < -0.3 is 0 Å². The van der Waals surface area contributed by atoms with Gasteiger partial charge >= 0.3 is 0 Å². The van der Waals surface area contributed by atoms with E-state index < -0.39 is 0 Å². The van der Waals surface area contributed by atoms with E-state index >= 15 is 0 Å². The molecule has 0 radical (unpaired) electrons. The topological polar surface area (TPSA) is 16.1 Å². The van der Waals surface area contributed by atoms with Gasteiger partial charge in [-0.3, -0.25) is 4.90 Å². The van der Waals surface area contributed by atoms with Crippen LogP contribution in [0.5, 0.6) is 0 Å². The van der Waals surface area contributed by atoms with Crippen molar-refractivity contribution in [2.45, 2.75) is 25.4 Å². The van der Waals surface area contributed by atoms with Crippen LogP contribution in [0.4, 0.5) is 0 Å². The number of aromatic nitrogens is 1. The van der Waals surface area contributed by atoms with Crippen molar-refractivity contribution in [3.05, 3.63) is 50.1 Å². The minimum atomic E-state index is 0.489. The maximum absolute atomic E-state index is 4.86. The predicted octanol–water partition coefficient (Wildman–Crippen LogP) is 5.46. The fourth-order valence-electron chi connectivity index (χ4n) is 2.96. The van der Waals surface area contributed by atoms with Crippen LogP contribution < -0.4 is 0 Å². The number of hydrogen-bond acceptors (Lipinski definition) is 4. The van der Waals surface area contributed by atoms with Gasteiger partial charge in [0.05, 0.1) is 20.0 Å². The van der Waals surface area contributed by atoms with Gasteiger partial charge in [0.15, 0.2) is 0 Å². The summed E-state index contributed by atoms with van der Waals surface area (Å²) in [4.78, 5) is 8.87. The first-order chi connectivity index (χ1) is 10.3. The Morgan fingerprint density at radius 3 is 2.90 bits per heavy atom. The zero-order chi connectivity index (χ0) is 14.2. The van der Waals surface area contributed by atoms with E-state index in [0.29, 0.717) is 6.04 Å². The van der Waals surface area contributed by atoms with Gasteiger partial charge in [-0.1, -0.05) is 12.1 Å². The predicted molar refractivity (Wildman–Crippen MR) is 94.0 cm³/mol. The number of halogens is 1. The van der Waals surface area contributed by atoms with Crippen LogP contribution >= 0.6 is 38.6 Å². The van der Waals surface area contributed by atoms with Crippen LogP contribution in [0, 0.1) is 0 Å². The molecule has 2 aromatic heterocycles. The standard InChI is InChI=1S/C16H15BrN2S2/c17-15-8-7-11(20-15)10-19-9-3-5-13(19)16-18-12-4-1-2-6-14(12)21-16/h1-2,4,6-8,13H,3,5,9-10H2. The van der Waals surface area contributed by atoms with Gasteiger partial charge in [-0.2, -0.15) is 0 Å². The van der Waals surface area contributed by atoms with Crippen LogP contribution in [0.2, 0.25) is 0 Å². The van der Waals surface area contributed by atoms with Crippen LogP contribution in [0.3, 0.4) is 0 Å². The average molecular weight is 379 g/mol. The molecular weight excluding hydrogens is 364 g/mol. The lowest BCUT2D eigenvalue weighted by Gasteiger charge is -2.21. The summed E-state index contributed by atoms with van der Waals surface area (Å²) in [7, 11) is 0. The van der Waals surface area contributed by atoms with Gasteiger partial charge in [-0.15, -0.1) is 22.7 Å². The molecule has 21 heavy (non-hydrogen) atoms. The van der Waals surface area contributed by atoms with Crippen molar-refractivity contribution in [3.8, 4) is 0 Å². The van der Waals surface area contributed by atoms with Gasteiger partial charge in [-0.05, 0) is 59.6 Å². The number of benzene rings is 1. The second-order valence-corrected chi connectivity index (χ2v) is 8.96. The molecule has 0 amide bonds. The van der Waals surface area contributed by atoms with E-state index in [1.54, 1.807) is 0 Å². The molecule has 108 valence electrons. The van der Waals surface area contributed by atoms with E-state index in [0.717, 1.165) is 12.1 Å². The summed E-state index contributed by atoms with van der Waals surface area (Å²) < 4.78 is 2.52. The summed E-state index contributed by atoms with van der Waals surface area (Å²) >= 11 is 7.24. The SMILES string of the molecule is Brc1ccc(CN2CCCC2c2nc3ccccc3s2)s1. The number of para-hydroxylation sites is 1. The second kappa shape index (κ2) is 5.80. The van der Waals surface area contributed by atoms with Crippen molar-refractivity contribution in [2.75, 3.05) is 6.54 Å². The van der Waals surface area contributed by atoms with Crippen molar-refractivity contribution in [2.24, 2.45) is 0 Å². The second-order valence-electron chi connectivity index (χ2n) is 5.35. The van der Waals surface area contributed by atoms with E-state index in [4.69, 9.17) is 4.98 Å². The molecule has 0 saturated carbocycles. The van der Waals surface area contributed by atoms with E-state index in [-0.39, 0.29) is 0 Å². The van der Waals surface area contributed by atoms with Crippen LogP contribution in [-0.2, 0) is 6.54 Å². The number of likely N-dealkylation sites (tertiary alicyclic amines) is 1. The third-order valence-electron chi connectivity index (χ3n) is 3.95. The maximum atomic E-state index is 4.86. The summed E-state index contributed by atoms with van der Waals surface area (Å²) in [5, 5.41) is 1.28. The van der Waals surface area contributed by atoms with Crippen LogP contribution in [-0.4, -0.2) is 16.4 Å². The molecule has 1 aliphatic heterocycles. The van der Waals surface area contributed by atoms with Gasteiger partial charge in [-0.25, -0.2) is 4.98 Å². The van der Waals surface area contributed by atoms with Crippen LogP contribution in [0.1, 0.15) is 28.8 Å². The molecule has 4 rings (SSSR count). The van der Waals surface area contributed by atoms with Crippen molar-refractivity contribution >= 4 is 48.8 Å². The largest absolute Gasteiger partial charge is 0.289 e. The fourth-order valence-corrected chi connectivity index (χ4v) is 5.61. The third-order valence-corrected chi connectivity index (χ3v) is 6.69. The number of thiazole rings is 1. The molecule has 0 bridgehead atoms. The van der Waals surface area contributed by atoms with E-state index in [2.05, 4.69) is 57.2 Å². The molecule has 0 N–H and O–H groups in total. The van der Waals surface area contributed by atoms with E-state index in [1.807, 2.05) is 22.7 Å². The zero-order valence-electron chi connectivity index (χ0n) is 11.5. The molecule has 5 heteroatoms. The Kier molecular flexibility index (Phi) is 3.83. The van der Waals surface area contributed by atoms with Gasteiger partial charge in [0.1, 0.15) is 5.01 Å². The molecule has 3 heterocycles. The van der Waals surface area contributed by atoms with Crippen molar-refractivity contribution in [1.82, 2.24) is 9.88 Å². The molecule has 1 saturated heterocycles. The number of thiophene rings is 1. The first-order valence-corrected chi connectivity index (χ1v) is 9.56. The highest BCUT2D eigenvalue weighted by Crippen LogP contribution is 2.38. The monoisotopic (exact) mass is 378 g/mol. The zero-order valence-corrected chi connectivity index (χ0v) is 14.7. The number of fused-ring (bicyclic) bond motifs is 1. The summed E-state index contributed by atoms with van der Waals surface area (Å²) in [5.74, 6) is 0. The Balaban J connectivity index is 1.60. The lowest BCUT2D eigenvalue weighted by Crippen LogP contribution is -2.22. The van der Waals surface area contributed by atoms with Crippen molar-refractivity contribution in [3.63, 3.8) is 0 Å². The summed E-state index contributed by atoms with van der Waals surface area (Å²) in [5.41, 5.74) is 1.14. The molecule has 0 aliphatic carbocycles. The minimum absolute atomic E-state index is 0.489. The van der Waals surface area contributed by atoms with Gasteiger partial charge in [0.2, 0.25) is 0 Å². The van der Waals surface area contributed by atoms with Gasteiger partial charge in [0, 0.05) is 11.4 Å². The smallest absolute Gasteiger partial charge is 0.111 e. The lowest BCUT2D eigenvalue weighted by molar-refractivity contribution is 0.250. The minimum Gasteiger partial charge on any atom is -0.289 e. The first kappa shape index (κ1) is 13.9. The summed E-state index contributed by atoms with van der Waals surface area (Å²) in [6.45, 7) is 2.22. The van der Waals surface area contributed by atoms with Gasteiger partial charge in [0.25, 0.3) is 0 Å².